The Labute approximate surface area is 175 Å². The highest BCUT2D eigenvalue weighted by atomic mass is 35.5. The summed E-state index contributed by atoms with van der Waals surface area (Å²) < 4.78 is 5.78. The molecule has 1 saturated heterocycles. The molecule has 0 radical (unpaired) electrons. The van der Waals surface area contributed by atoms with E-state index in [0.29, 0.717) is 22.1 Å². The minimum absolute atomic E-state index is 0.315. The number of halogens is 2. The summed E-state index contributed by atoms with van der Waals surface area (Å²) in [5.41, 5.74) is 3.01. The first kappa shape index (κ1) is 19.6. The van der Waals surface area contributed by atoms with Crippen LogP contribution in [0.3, 0.4) is 0 Å². The number of likely N-dealkylation sites (tertiary alicyclic amines) is 1. The lowest BCUT2D eigenvalue weighted by molar-refractivity contribution is -0.906. The minimum Gasteiger partial charge on any atom is -0.424 e. The van der Waals surface area contributed by atoms with Gasteiger partial charge >= 0.3 is 0 Å². The van der Waals surface area contributed by atoms with Gasteiger partial charge in [0.2, 0.25) is 0 Å². The van der Waals surface area contributed by atoms with E-state index in [1.807, 2.05) is 36.4 Å². The molecule has 0 amide bonds. The van der Waals surface area contributed by atoms with Gasteiger partial charge in [-0.2, -0.15) is 4.98 Å². The van der Waals surface area contributed by atoms with Gasteiger partial charge in [0, 0.05) is 0 Å². The van der Waals surface area contributed by atoms with E-state index in [9.17, 15) is 0 Å². The predicted molar refractivity (Wildman–Crippen MR) is 116 cm³/mol. The molecule has 4 rings (SSSR count). The normalized spacial score (nSPS) is 21.0. The number of para-hydroxylation sites is 2. The number of aromatic nitrogens is 1. The highest BCUT2D eigenvalue weighted by Gasteiger charge is 2.24. The van der Waals surface area contributed by atoms with Gasteiger partial charge in [-0.1, -0.05) is 41.4 Å². The topological polar surface area (TPSA) is 42.5 Å². The molecule has 3 aromatic rings. The van der Waals surface area contributed by atoms with Crippen molar-refractivity contribution in [3.05, 3.63) is 58.1 Å². The number of piperidine rings is 1. The number of nitrogens with zero attached hydrogens (tertiary/aromatic N) is 1. The van der Waals surface area contributed by atoms with Crippen LogP contribution in [0.5, 0.6) is 0 Å². The summed E-state index contributed by atoms with van der Waals surface area (Å²) in [5.74, 6) is 0.723. The summed E-state index contributed by atoms with van der Waals surface area (Å²) in [7, 11) is 0. The highest BCUT2D eigenvalue weighted by Crippen LogP contribution is 2.25. The van der Waals surface area contributed by atoms with Gasteiger partial charge in [-0.25, -0.2) is 0 Å². The molecule has 4 nitrogen and oxygen atoms in total. The molecule has 1 atom stereocenters. The van der Waals surface area contributed by atoms with Crippen molar-refractivity contribution in [2.24, 2.45) is 5.92 Å². The lowest BCUT2D eigenvalue weighted by atomic mass is 9.90. The van der Waals surface area contributed by atoms with Crippen LogP contribution in [0.2, 0.25) is 10.0 Å². The fourth-order valence-electron chi connectivity index (χ4n) is 4.12. The quantitative estimate of drug-likeness (QED) is 0.620. The Morgan fingerprint density at radius 2 is 1.93 bits per heavy atom. The number of rotatable bonds is 6. The van der Waals surface area contributed by atoms with E-state index in [-0.39, 0.29) is 0 Å². The number of hydrogen-bond donors (Lipinski definition) is 2. The molecule has 1 aromatic heterocycles. The SMILES string of the molecule is CC(C[NH+]1CCC(Cc2ccc(Cl)c(Cl)c2)CC1)Nc1nc2ccccc2o1. The van der Waals surface area contributed by atoms with Crippen molar-refractivity contribution in [1.82, 2.24) is 4.98 Å². The second-order valence-electron chi connectivity index (χ2n) is 7.88. The van der Waals surface area contributed by atoms with E-state index in [1.165, 1.54) is 31.5 Å². The average molecular weight is 419 g/mol. The van der Waals surface area contributed by atoms with Crippen LogP contribution in [-0.4, -0.2) is 30.7 Å². The summed E-state index contributed by atoms with van der Waals surface area (Å²) in [6.07, 6.45) is 3.57. The Bertz CT molecular complexity index is 901. The third-order valence-electron chi connectivity index (χ3n) is 5.58. The molecule has 0 bridgehead atoms. The van der Waals surface area contributed by atoms with E-state index in [1.54, 1.807) is 4.90 Å². The average Bonchev–Trinajstić information content (AvgIpc) is 3.08. The van der Waals surface area contributed by atoms with Crippen molar-refractivity contribution in [3.8, 4) is 0 Å². The van der Waals surface area contributed by atoms with E-state index in [0.717, 1.165) is 30.0 Å². The van der Waals surface area contributed by atoms with Crippen LogP contribution in [-0.2, 0) is 6.42 Å². The van der Waals surface area contributed by atoms with Crippen LogP contribution >= 0.6 is 23.2 Å². The Kier molecular flexibility index (Phi) is 6.10. The Morgan fingerprint density at radius 3 is 2.68 bits per heavy atom. The van der Waals surface area contributed by atoms with Crippen LogP contribution in [0.1, 0.15) is 25.3 Å². The fourth-order valence-corrected chi connectivity index (χ4v) is 4.44. The molecule has 0 aliphatic carbocycles. The standard InChI is InChI=1S/C22H25Cl2N3O/c1-15(25-22-26-20-4-2-3-5-21(20)28-22)14-27-10-8-16(9-11-27)12-17-6-7-18(23)19(24)13-17/h2-7,13,15-16H,8-12,14H2,1H3,(H,25,26)/p+1. The Morgan fingerprint density at radius 1 is 1.14 bits per heavy atom. The maximum Gasteiger partial charge on any atom is 0.296 e. The monoisotopic (exact) mass is 418 g/mol. The molecule has 2 aromatic carbocycles. The summed E-state index contributed by atoms with van der Waals surface area (Å²) >= 11 is 12.2. The first-order valence-corrected chi connectivity index (χ1v) is 10.7. The molecule has 1 unspecified atom stereocenters. The van der Waals surface area contributed by atoms with Crippen molar-refractivity contribution in [3.63, 3.8) is 0 Å². The maximum absolute atomic E-state index is 6.15. The lowest BCUT2D eigenvalue weighted by Gasteiger charge is -2.31. The molecule has 148 valence electrons. The number of anilines is 1. The largest absolute Gasteiger partial charge is 0.424 e. The molecule has 2 N–H and O–H groups in total. The van der Waals surface area contributed by atoms with Crippen LogP contribution in [0.15, 0.2) is 46.9 Å². The van der Waals surface area contributed by atoms with Crippen LogP contribution < -0.4 is 10.2 Å². The number of oxazole rings is 1. The smallest absolute Gasteiger partial charge is 0.296 e. The van der Waals surface area contributed by atoms with Crippen molar-refractivity contribution in [2.75, 3.05) is 25.0 Å². The molecule has 0 saturated carbocycles. The van der Waals surface area contributed by atoms with Gasteiger partial charge in [0.25, 0.3) is 6.01 Å². The van der Waals surface area contributed by atoms with E-state index in [4.69, 9.17) is 27.6 Å². The first-order chi connectivity index (χ1) is 13.6. The molecule has 1 aliphatic heterocycles. The maximum atomic E-state index is 6.15. The van der Waals surface area contributed by atoms with Gasteiger partial charge in [-0.3, -0.25) is 0 Å². The van der Waals surface area contributed by atoms with Crippen molar-refractivity contribution in [1.29, 1.82) is 0 Å². The Balaban J connectivity index is 1.25. The van der Waals surface area contributed by atoms with E-state index in [2.05, 4.69) is 23.3 Å². The predicted octanol–water partition coefficient (Wildman–Crippen LogP) is 4.47. The van der Waals surface area contributed by atoms with Gasteiger partial charge in [-0.15, -0.1) is 0 Å². The highest BCUT2D eigenvalue weighted by molar-refractivity contribution is 6.42. The zero-order valence-electron chi connectivity index (χ0n) is 16.1. The van der Waals surface area contributed by atoms with Crippen LogP contribution in [0, 0.1) is 5.92 Å². The van der Waals surface area contributed by atoms with Crippen molar-refractivity contribution >= 4 is 40.3 Å². The lowest BCUT2D eigenvalue weighted by Crippen LogP contribution is -3.14. The summed E-state index contributed by atoms with van der Waals surface area (Å²) in [4.78, 5) is 6.15. The summed E-state index contributed by atoms with van der Waals surface area (Å²) in [6.45, 7) is 5.67. The Hall–Kier alpha value is -1.75. The second-order valence-corrected chi connectivity index (χ2v) is 8.70. The van der Waals surface area contributed by atoms with Gasteiger partial charge < -0.3 is 14.6 Å². The summed E-state index contributed by atoms with van der Waals surface area (Å²) in [5, 5.41) is 4.70. The third-order valence-corrected chi connectivity index (χ3v) is 6.32. The number of nitrogens with one attached hydrogen (secondary N) is 2. The molecule has 2 heterocycles. The zero-order valence-corrected chi connectivity index (χ0v) is 17.6. The molecular weight excluding hydrogens is 393 g/mol. The van der Waals surface area contributed by atoms with Crippen molar-refractivity contribution < 1.29 is 9.32 Å². The van der Waals surface area contributed by atoms with Crippen molar-refractivity contribution in [2.45, 2.75) is 32.2 Å². The number of fused-ring (bicyclic) bond motifs is 1. The molecule has 0 spiro atoms. The first-order valence-electron chi connectivity index (χ1n) is 9.96. The van der Waals surface area contributed by atoms with E-state index < -0.39 is 0 Å². The third kappa shape index (κ3) is 4.80. The number of benzene rings is 2. The van der Waals surface area contributed by atoms with Gasteiger partial charge in [0.15, 0.2) is 5.58 Å². The van der Waals surface area contributed by atoms with E-state index >= 15 is 0 Å². The van der Waals surface area contributed by atoms with Gasteiger partial charge in [0.05, 0.1) is 35.7 Å². The minimum atomic E-state index is 0.315. The number of quaternary nitrogens is 1. The zero-order chi connectivity index (χ0) is 19.5. The second kappa shape index (κ2) is 8.73. The van der Waals surface area contributed by atoms with Gasteiger partial charge in [0.1, 0.15) is 5.52 Å². The fraction of sp³-hybridized carbons (Fsp3) is 0.409. The number of hydrogen-bond acceptors (Lipinski definition) is 3. The molecular formula is C22H26Cl2N3O+. The molecule has 6 heteroatoms. The van der Waals surface area contributed by atoms with Crippen LogP contribution in [0.4, 0.5) is 6.01 Å². The summed E-state index contributed by atoms with van der Waals surface area (Å²) in [6, 6.07) is 14.8. The molecule has 28 heavy (non-hydrogen) atoms. The van der Waals surface area contributed by atoms with Crippen LogP contribution in [0.25, 0.3) is 11.1 Å². The molecule has 1 fully saturated rings. The molecule has 1 aliphatic rings. The van der Waals surface area contributed by atoms with Gasteiger partial charge in [-0.05, 0) is 61.9 Å².